The fraction of sp³-hybridized carbons (Fsp3) is 0.462. The molecule has 1 spiro atoms. The second-order valence-electron chi connectivity index (χ2n) is 4.76. The van der Waals surface area contributed by atoms with Gasteiger partial charge in [0.1, 0.15) is 11.4 Å². The maximum atomic E-state index is 9.21. The highest BCUT2D eigenvalue weighted by Gasteiger charge is 2.41. The van der Waals surface area contributed by atoms with E-state index in [4.69, 9.17) is 9.47 Å². The van der Waals surface area contributed by atoms with Crippen molar-refractivity contribution in [1.82, 2.24) is 0 Å². The summed E-state index contributed by atoms with van der Waals surface area (Å²) in [5.74, 6) is 0.783. The molecular formula is C13H14BrNO3. The van der Waals surface area contributed by atoms with Gasteiger partial charge in [-0.1, -0.05) is 21.1 Å². The first kappa shape index (κ1) is 12.0. The van der Waals surface area contributed by atoms with Gasteiger partial charge >= 0.3 is 0 Å². The lowest BCUT2D eigenvalue weighted by molar-refractivity contribution is -0.0445. The Balaban J connectivity index is 2.02. The van der Waals surface area contributed by atoms with Crippen molar-refractivity contribution in [2.45, 2.75) is 24.9 Å². The zero-order valence-corrected chi connectivity index (χ0v) is 11.4. The average Bonchev–Trinajstić information content (AvgIpc) is 2.38. The predicted octanol–water partition coefficient (Wildman–Crippen LogP) is 2.96. The SMILES string of the molecule is ON=C1CC2(CCOCC2)Oc2cc(Br)ccc21. The maximum Gasteiger partial charge on any atom is 0.130 e. The van der Waals surface area contributed by atoms with E-state index in [1.54, 1.807) is 0 Å². The standard InChI is InChI=1S/C13H14BrNO3/c14-9-1-2-10-11(15-16)8-13(18-12(10)7-9)3-5-17-6-4-13/h1-2,7,16H,3-6,8H2. The van der Waals surface area contributed by atoms with Crippen LogP contribution in [0.1, 0.15) is 24.8 Å². The number of oxime groups is 1. The predicted molar refractivity (Wildman–Crippen MR) is 70.5 cm³/mol. The van der Waals surface area contributed by atoms with Crippen molar-refractivity contribution in [2.24, 2.45) is 5.16 Å². The van der Waals surface area contributed by atoms with Gasteiger partial charge in [-0.15, -0.1) is 0 Å². The summed E-state index contributed by atoms with van der Waals surface area (Å²) < 4.78 is 12.5. The van der Waals surface area contributed by atoms with Crippen LogP contribution in [0.25, 0.3) is 0 Å². The first-order valence-electron chi connectivity index (χ1n) is 6.00. The molecule has 1 fully saturated rings. The number of rotatable bonds is 0. The Labute approximate surface area is 114 Å². The molecule has 4 nitrogen and oxygen atoms in total. The summed E-state index contributed by atoms with van der Waals surface area (Å²) in [5, 5.41) is 12.7. The topological polar surface area (TPSA) is 51.1 Å². The normalized spacial score (nSPS) is 23.7. The minimum absolute atomic E-state index is 0.270. The fourth-order valence-electron chi connectivity index (χ4n) is 2.60. The quantitative estimate of drug-likeness (QED) is 0.592. The summed E-state index contributed by atoms with van der Waals surface area (Å²) in [5.41, 5.74) is 1.30. The Kier molecular flexibility index (Phi) is 3.03. The van der Waals surface area contributed by atoms with E-state index in [0.29, 0.717) is 25.3 Å². The molecule has 1 aromatic rings. The monoisotopic (exact) mass is 311 g/mol. The molecule has 96 valence electrons. The lowest BCUT2D eigenvalue weighted by atomic mass is 9.84. The first-order valence-corrected chi connectivity index (χ1v) is 6.79. The van der Waals surface area contributed by atoms with Gasteiger partial charge in [0.05, 0.1) is 18.9 Å². The molecule has 0 radical (unpaired) electrons. The third-order valence-electron chi connectivity index (χ3n) is 3.60. The molecule has 1 aromatic carbocycles. The van der Waals surface area contributed by atoms with E-state index in [2.05, 4.69) is 21.1 Å². The van der Waals surface area contributed by atoms with Crippen LogP contribution in [0, 0.1) is 0 Å². The summed E-state index contributed by atoms with van der Waals surface area (Å²) in [6.07, 6.45) is 2.30. The van der Waals surface area contributed by atoms with Gasteiger partial charge in [0.25, 0.3) is 0 Å². The average molecular weight is 312 g/mol. The highest BCUT2D eigenvalue weighted by atomic mass is 79.9. The van der Waals surface area contributed by atoms with Crippen molar-refractivity contribution < 1.29 is 14.7 Å². The number of fused-ring (bicyclic) bond motifs is 1. The number of ether oxygens (including phenoxy) is 2. The largest absolute Gasteiger partial charge is 0.486 e. The molecule has 2 aliphatic heterocycles. The van der Waals surface area contributed by atoms with Gasteiger partial charge < -0.3 is 14.7 Å². The molecular weight excluding hydrogens is 298 g/mol. The molecule has 3 rings (SSSR count). The van der Waals surface area contributed by atoms with Gasteiger partial charge in [0.15, 0.2) is 0 Å². The lowest BCUT2D eigenvalue weighted by Crippen LogP contribution is -2.46. The molecule has 0 atom stereocenters. The van der Waals surface area contributed by atoms with Crippen LogP contribution in [0.2, 0.25) is 0 Å². The summed E-state index contributed by atoms with van der Waals surface area (Å²) in [7, 11) is 0. The lowest BCUT2D eigenvalue weighted by Gasteiger charge is -2.41. The van der Waals surface area contributed by atoms with Gasteiger partial charge in [0, 0.05) is 29.3 Å². The molecule has 5 heteroatoms. The molecule has 0 saturated carbocycles. The van der Waals surface area contributed by atoms with Crippen molar-refractivity contribution in [3.8, 4) is 5.75 Å². The van der Waals surface area contributed by atoms with Crippen LogP contribution < -0.4 is 4.74 Å². The highest BCUT2D eigenvalue weighted by molar-refractivity contribution is 9.10. The van der Waals surface area contributed by atoms with Gasteiger partial charge in [-0.05, 0) is 18.2 Å². The van der Waals surface area contributed by atoms with Crippen LogP contribution in [-0.2, 0) is 4.74 Å². The second kappa shape index (κ2) is 4.55. The van der Waals surface area contributed by atoms with E-state index in [0.717, 1.165) is 28.6 Å². The Morgan fingerprint density at radius 1 is 1.28 bits per heavy atom. The maximum absolute atomic E-state index is 9.21. The summed E-state index contributed by atoms with van der Waals surface area (Å²) in [6.45, 7) is 1.39. The molecule has 0 aliphatic carbocycles. The van der Waals surface area contributed by atoms with E-state index in [9.17, 15) is 5.21 Å². The minimum Gasteiger partial charge on any atom is -0.486 e. The highest BCUT2D eigenvalue weighted by Crippen LogP contribution is 2.40. The minimum atomic E-state index is -0.270. The molecule has 0 unspecified atom stereocenters. The van der Waals surface area contributed by atoms with Crippen LogP contribution in [-0.4, -0.2) is 29.7 Å². The fourth-order valence-corrected chi connectivity index (χ4v) is 2.94. The van der Waals surface area contributed by atoms with Crippen LogP contribution >= 0.6 is 15.9 Å². The summed E-state index contributed by atoms with van der Waals surface area (Å²) >= 11 is 3.44. The number of hydrogen-bond donors (Lipinski definition) is 1. The second-order valence-corrected chi connectivity index (χ2v) is 5.68. The summed E-state index contributed by atoms with van der Waals surface area (Å²) in [4.78, 5) is 0. The first-order chi connectivity index (χ1) is 8.72. The zero-order chi connectivity index (χ0) is 12.6. The molecule has 0 aromatic heterocycles. The van der Waals surface area contributed by atoms with Gasteiger partial charge in [-0.25, -0.2) is 0 Å². The van der Waals surface area contributed by atoms with E-state index in [-0.39, 0.29) is 5.60 Å². The summed E-state index contributed by atoms with van der Waals surface area (Å²) in [6, 6.07) is 5.77. The van der Waals surface area contributed by atoms with Crippen molar-refractivity contribution >= 4 is 21.6 Å². The molecule has 2 aliphatic rings. The zero-order valence-electron chi connectivity index (χ0n) is 9.86. The van der Waals surface area contributed by atoms with Crippen LogP contribution in [0.15, 0.2) is 27.8 Å². The van der Waals surface area contributed by atoms with Gasteiger partial charge in [0.2, 0.25) is 0 Å². The Morgan fingerprint density at radius 3 is 2.78 bits per heavy atom. The van der Waals surface area contributed by atoms with E-state index < -0.39 is 0 Å². The van der Waals surface area contributed by atoms with Crippen LogP contribution in [0.3, 0.4) is 0 Å². The van der Waals surface area contributed by atoms with Gasteiger partial charge in [-0.3, -0.25) is 0 Å². The number of hydrogen-bond acceptors (Lipinski definition) is 4. The number of halogens is 1. The Bertz CT molecular complexity index is 495. The van der Waals surface area contributed by atoms with E-state index in [1.807, 2.05) is 18.2 Å². The van der Waals surface area contributed by atoms with E-state index in [1.165, 1.54) is 0 Å². The number of nitrogens with zero attached hydrogens (tertiary/aromatic N) is 1. The third kappa shape index (κ3) is 2.01. The van der Waals surface area contributed by atoms with Crippen molar-refractivity contribution in [3.05, 3.63) is 28.2 Å². The van der Waals surface area contributed by atoms with Crippen LogP contribution in [0.5, 0.6) is 5.75 Å². The van der Waals surface area contributed by atoms with E-state index >= 15 is 0 Å². The van der Waals surface area contributed by atoms with Crippen molar-refractivity contribution in [2.75, 3.05) is 13.2 Å². The van der Waals surface area contributed by atoms with Crippen LogP contribution in [0.4, 0.5) is 0 Å². The van der Waals surface area contributed by atoms with Gasteiger partial charge in [-0.2, -0.15) is 0 Å². The molecule has 0 bridgehead atoms. The number of benzene rings is 1. The third-order valence-corrected chi connectivity index (χ3v) is 4.09. The molecule has 1 saturated heterocycles. The molecule has 18 heavy (non-hydrogen) atoms. The molecule has 2 heterocycles. The smallest absolute Gasteiger partial charge is 0.130 e. The molecule has 0 amide bonds. The Morgan fingerprint density at radius 2 is 2.06 bits per heavy atom. The Hall–Kier alpha value is -1.07. The van der Waals surface area contributed by atoms with Crippen molar-refractivity contribution in [1.29, 1.82) is 0 Å². The molecule has 1 N–H and O–H groups in total. The van der Waals surface area contributed by atoms with Crippen molar-refractivity contribution in [3.63, 3.8) is 0 Å².